The largest absolute Gasteiger partial charge is 0.309 e. The average molecular weight is 536 g/mol. The molecule has 0 saturated heterocycles. The van der Waals surface area contributed by atoms with Crippen LogP contribution in [-0.2, 0) is 11.8 Å². The summed E-state index contributed by atoms with van der Waals surface area (Å²) >= 11 is 0. The van der Waals surface area contributed by atoms with E-state index in [1.54, 1.807) is 0 Å². The first-order valence-electron chi connectivity index (χ1n) is 15.3. The molecular formula is C40H41N. The maximum absolute atomic E-state index is 2.45. The van der Waals surface area contributed by atoms with Gasteiger partial charge in [0.15, 0.2) is 0 Å². The number of rotatable bonds is 8. The highest BCUT2D eigenvalue weighted by atomic mass is 15.0. The van der Waals surface area contributed by atoms with Crippen molar-refractivity contribution in [2.75, 3.05) is 0 Å². The number of benzene rings is 5. The summed E-state index contributed by atoms with van der Waals surface area (Å²) in [4.78, 5) is 0. The Morgan fingerprint density at radius 1 is 0.585 bits per heavy atom. The second-order valence-corrected chi connectivity index (χ2v) is 11.9. The number of nitrogens with zero attached hydrogens (tertiary/aromatic N) is 1. The zero-order chi connectivity index (χ0) is 28.6. The molecule has 41 heavy (non-hydrogen) atoms. The molecule has 0 spiro atoms. The fourth-order valence-corrected chi connectivity index (χ4v) is 6.35. The normalized spacial score (nSPS) is 11.9. The van der Waals surface area contributed by atoms with E-state index in [2.05, 4.69) is 148 Å². The zero-order valence-electron chi connectivity index (χ0n) is 25.2. The second kappa shape index (κ2) is 11.1. The van der Waals surface area contributed by atoms with Crippen LogP contribution in [0.5, 0.6) is 0 Å². The average Bonchev–Trinajstić information content (AvgIpc) is 3.34. The van der Waals surface area contributed by atoms with E-state index in [0.717, 1.165) is 25.7 Å². The number of hydrogen-bond acceptors (Lipinski definition) is 0. The van der Waals surface area contributed by atoms with Crippen molar-refractivity contribution < 1.29 is 0 Å². The monoisotopic (exact) mass is 535 g/mol. The number of fused-ring (bicyclic) bond motifs is 3. The van der Waals surface area contributed by atoms with Crippen molar-refractivity contribution >= 4 is 21.8 Å². The van der Waals surface area contributed by atoms with E-state index in [0.29, 0.717) is 0 Å². The Labute approximate surface area is 245 Å². The summed E-state index contributed by atoms with van der Waals surface area (Å²) in [7, 11) is 0. The summed E-state index contributed by atoms with van der Waals surface area (Å²) in [5.41, 5.74) is 13.1. The van der Waals surface area contributed by atoms with Crippen molar-refractivity contribution in [3.05, 3.63) is 126 Å². The lowest BCUT2D eigenvalue weighted by Crippen LogP contribution is -2.19. The van der Waals surface area contributed by atoms with Crippen LogP contribution in [0.15, 0.2) is 109 Å². The molecule has 0 bridgehead atoms. The molecular weight excluding hydrogens is 494 g/mol. The van der Waals surface area contributed by atoms with E-state index in [9.17, 15) is 0 Å². The number of aryl methyl sites for hydroxylation is 2. The van der Waals surface area contributed by atoms with Crippen molar-refractivity contribution in [1.29, 1.82) is 0 Å². The molecule has 0 fully saturated rings. The van der Waals surface area contributed by atoms with Crippen LogP contribution in [0.2, 0.25) is 0 Å². The van der Waals surface area contributed by atoms with Crippen molar-refractivity contribution in [3.63, 3.8) is 0 Å². The molecule has 1 heterocycles. The summed E-state index contributed by atoms with van der Waals surface area (Å²) in [5, 5.41) is 2.59. The van der Waals surface area contributed by atoms with Gasteiger partial charge in [-0.15, -0.1) is 0 Å². The molecule has 0 radical (unpaired) electrons. The quantitative estimate of drug-likeness (QED) is 0.183. The summed E-state index contributed by atoms with van der Waals surface area (Å²) in [6.07, 6.45) is 4.55. The zero-order valence-corrected chi connectivity index (χ0v) is 25.2. The first-order chi connectivity index (χ1) is 19.9. The van der Waals surface area contributed by atoms with Gasteiger partial charge in [-0.25, -0.2) is 0 Å². The third-order valence-electron chi connectivity index (χ3n) is 9.30. The minimum atomic E-state index is 0.212. The van der Waals surface area contributed by atoms with Crippen molar-refractivity contribution in [3.8, 4) is 27.9 Å². The third kappa shape index (κ3) is 4.99. The maximum Gasteiger partial charge on any atom is 0.0541 e. The molecule has 0 N–H and O–H groups in total. The van der Waals surface area contributed by atoms with Crippen molar-refractivity contribution in [2.24, 2.45) is 0 Å². The van der Waals surface area contributed by atoms with Gasteiger partial charge in [0.1, 0.15) is 0 Å². The SMILES string of the molecule is CCCc1cccc(-c2ccc3c(c2)c2cc(-c4cccc(C)c4)ccc2n3-c2ccc(C(C)(CC)CC)cc2)c1. The molecule has 0 aliphatic rings. The Bertz CT molecular complexity index is 1830. The highest BCUT2D eigenvalue weighted by Crippen LogP contribution is 2.38. The molecule has 0 aliphatic heterocycles. The molecule has 6 aromatic rings. The van der Waals surface area contributed by atoms with Gasteiger partial charge in [-0.1, -0.05) is 112 Å². The predicted octanol–water partition coefficient (Wildman–Crippen LogP) is 11.5. The molecule has 0 saturated carbocycles. The maximum atomic E-state index is 2.45. The minimum Gasteiger partial charge on any atom is -0.309 e. The van der Waals surface area contributed by atoms with E-state index in [-0.39, 0.29) is 5.41 Å². The molecule has 0 atom stereocenters. The third-order valence-corrected chi connectivity index (χ3v) is 9.30. The summed E-state index contributed by atoms with van der Waals surface area (Å²) in [6.45, 7) is 11.4. The van der Waals surface area contributed by atoms with Gasteiger partial charge in [0.25, 0.3) is 0 Å². The Morgan fingerprint density at radius 2 is 1.15 bits per heavy atom. The van der Waals surface area contributed by atoms with Gasteiger partial charge in [-0.2, -0.15) is 0 Å². The van der Waals surface area contributed by atoms with Gasteiger partial charge in [0.05, 0.1) is 11.0 Å². The van der Waals surface area contributed by atoms with Crippen LogP contribution in [0.3, 0.4) is 0 Å². The molecule has 6 rings (SSSR count). The van der Waals surface area contributed by atoms with E-state index in [4.69, 9.17) is 0 Å². The standard InChI is InChI=1S/C40H41N/c1-6-11-29-13-10-15-31(25-29)33-17-23-39-37(27-33)36-26-32(30-14-9-12-28(4)24-30)16-22-38(36)41(39)35-20-18-34(19-21-35)40(5,7-2)8-3/h9-10,12-27H,6-8,11H2,1-5H3. The smallest absolute Gasteiger partial charge is 0.0541 e. The Kier molecular flexibility index (Phi) is 7.30. The lowest BCUT2D eigenvalue weighted by molar-refractivity contribution is 0.439. The van der Waals surface area contributed by atoms with Crippen LogP contribution < -0.4 is 0 Å². The van der Waals surface area contributed by atoms with Crippen LogP contribution in [-0.4, -0.2) is 4.57 Å². The lowest BCUT2D eigenvalue weighted by atomic mass is 9.78. The van der Waals surface area contributed by atoms with Crippen LogP contribution in [0, 0.1) is 6.92 Å². The van der Waals surface area contributed by atoms with E-state index in [1.165, 1.54) is 66.4 Å². The molecule has 206 valence electrons. The van der Waals surface area contributed by atoms with Gasteiger partial charge in [0.2, 0.25) is 0 Å². The fourth-order valence-electron chi connectivity index (χ4n) is 6.35. The second-order valence-electron chi connectivity index (χ2n) is 11.9. The predicted molar refractivity (Wildman–Crippen MR) is 178 cm³/mol. The Balaban J connectivity index is 1.56. The Morgan fingerprint density at radius 3 is 1.71 bits per heavy atom. The van der Waals surface area contributed by atoms with Crippen LogP contribution in [0.4, 0.5) is 0 Å². The first-order valence-corrected chi connectivity index (χ1v) is 15.3. The summed E-state index contributed by atoms with van der Waals surface area (Å²) in [5.74, 6) is 0. The molecule has 1 aromatic heterocycles. The highest BCUT2D eigenvalue weighted by Gasteiger charge is 2.22. The van der Waals surface area contributed by atoms with Gasteiger partial charge < -0.3 is 4.57 Å². The van der Waals surface area contributed by atoms with Crippen LogP contribution >= 0.6 is 0 Å². The first kappa shape index (κ1) is 27.1. The van der Waals surface area contributed by atoms with Crippen LogP contribution in [0.25, 0.3) is 49.7 Å². The molecule has 0 aliphatic carbocycles. The van der Waals surface area contributed by atoms with Gasteiger partial charge in [0, 0.05) is 16.5 Å². The fraction of sp³-hybridized carbons (Fsp3) is 0.250. The van der Waals surface area contributed by atoms with Gasteiger partial charge in [-0.3, -0.25) is 0 Å². The van der Waals surface area contributed by atoms with Crippen LogP contribution in [0.1, 0.15) is 63.6 Å². The van der Waals surface area contributed by atoms with Gasteiger partial charge >= 0.3 is 0 Å². The summed E-state index contributed by atoms with van der Waals surface area (Å²) in [6, 6.07) is 41.2. The van der Waals surface area contributed by atoms with E-state index < -0.39 is 0 Å². The van der Waals surface area contributed by atoms with Gasteiger partial charge in [-0.05, 0) is 101 Å². The number of aromatic nitrogens is 1. The van der Waals surface area contributed by atoms with Crippen molar-refractivity contribution in [2.45, 2.75) is 65.7 Å². The topological polar surface area (TPSA) is 4.93 Å². The van der Waals surface area contributed by atoms with Crippen molar-refractivity contribution in [1.82, 2.24) is 4.57 Å². The Hall–Kier alpha value is -4.10. The molecule has 0 amide bonds. The number of hydrogen-bond donors (Lipinski definition) is 0. The summed E-state index contributed by atoms with van der Waals surface area (Å²) < 4.78 is 2.45. The highest BCUT2D eigenvalue weighted by molar-refractivity contribution is 6.11. The van der Waals surface area contributed by atoms with E-state index >= 15 is 0 Å². The molecule has 1 nitrogen and oxygen atoms in total. The molecule has 5 aromatic carbocycles. The van der Waals surface area contributed by atoms with E-state index in [1.807, 2.05) is 0 Å². The molecule has 0 unspecified atom stereocenters. The minimum absolute atomic E-state index is 0.212. The molecule has 1 heteroatoms. The lowest BCUT2D eigenvalue weighted by Gasteiger charge is -2.27.